The molecule has 0 radical (unpaired) electrons. The molecule has 2 nitrogen and oxygen atoms in total. The predicted octanol–water partition coefficient (Wildman–Crippen LogP) is 1.93. The van der Waals surface area contributed by atoms with E-state index in [2.05, 4.69) is 35.1 Å². The van der Waals surface area contributed by atoms with Crippen LogP contribution in [0.3, 0.4) is 0 Å². The van der Waals surface area contributed by atoms with Crippen LogP contribution in [0.4, 0.5) is 0 Å². The van der Waals surface area contributed by atoms with Crippen molar-refractivity contribution in [2.45, 2.75) is 33.2 Å². The lowest BCUT2D eigenvalue weighted by molar-refractivity contribution is -0.119. The maximum atomic E-state index is 10.7. The van der Waals surface area contributed by atoms with Gasteiger partial charge in [0.05, 0.1) is 0 Å². The number of rotatable bonds is 4. The standard InChI is InChI=1S/C8H16BrNO/c1-6(2)4-8(5-9)10-7(3)11/h6,8H,4-5H2,1-3H3,(H,10,11). The smallest absolute Gasteiger partial charge is 0.217 e. The molecule has 0 heterocycles. The van der Waals surface area contributed by atoms with Crippen LogP contribution < -0.4 is 5.32 Å². The van der Waals surface area contributed by atoms with Gasteiger partial charge in [-0.05, 0) is 12.3 Å². The van der Waals surface area contributed by atoms with Gasteiger partial charge in [0.15, 0.2) is 0 Å². The van der Waals surface area contributed by atoms with Crippen molar-refractivity contribution in [2.75, 3.05) is 5.33 Å². The zero-order valence-electron chi connectivity index (χ0n) is 7.36. The molecule has 1 N–H and O–H groups in total. The average molecular weight is 222 g/mol. The van der Waals surface area contributed by atoms with Gasteiger partial charge in [0.25, 0.3) is 0 Å². The molecule has 0 fully saturated rings. The topological polar surface area (TPSA) is 29.1 Å². The van der Waals surface area contributed by atoms with E-state index in [-0.39, 0.29) is 11.9 Å². The number of hydrogen-bond donors (Lipinski definition) is 1. The SMILES string of the molecule is CC(=O)NC(CBr)CC(C)C. The van der Waals surface area contributed by atoms with Gasteiger partial charge >= 0.3 is 0 Å². The number of carbonyl (C=O) groups is 1. The summed E-state index contributed by atoms with van der Waals surface area (Å²) in [5.74, 6) is 0.680. The Hall–Kier alpha value is -0.0500. The first-order valence-corrected chi connectivity index (χ1v) is 5.01. The number of hydrogen-bond acceptors (Lipinski definition) is 1. The lowest BCUT2D eigenvalue weighted by atomic mass is 10.1. The molecule has 3 heteroatoms. The second-order valence-corrected chi connectivity index (χ2v) is 3.83. The Kier molecular flexibility index (Phi) is 5.56. The molecule has 1 amide bonds. The summed E-state index contributed by atoms with van der Waals surface area (Å²) in [4.78, 5) is 10.7. The fraction of sp³-hybridized carbons (Fsp3) is 0.875. The molecule has 0 aliphatic carbocycles. The van der Waals surface area contributed by atoms with Crippen molar-refractivity contribution in [3.63, 3.8) is 0 Å². The van der Waals surface area contributed by atoms with Gasteiger partial charge in [-0.1, -0.05) is 29.8 Å². The zero-order chi connectivity index (χ0) is 8.85. The van der Waals surface area contributed by atoms with E-state index in [9.17, 15) is 4.79 Å². The summed E-state index contributed by atoms with van der Waals surface area (Å²) >= 11 is 3.36. The van der Waals surface area contributed by atoms with Crippen LogP contribution in [0.25, 0.3) is 0 Å². The second-order valence-electron chi connectivity index (χ2n) is 3.18. The molecule has 0 aromatic rings. The molecule has 66 valence electrons. The molecule has 0 aliphatic rings. The van der Waals surface area contributed by atoms with Crippen molar-refractivity contribution >= 4 is 21.8 Å². The lowest BCUT2D eigenvalue weighted by Crippen LogP contribution is -2.35. The minimum atomic E-state index is 0.0510. The summed E-state index contributed by atoms with van der Waals surface area (Å²) in [6.07, 6.45) is 1.03. The maximum absolute atomic E-state index is 10.7. The Labute approximate surface area is 76.9 Å². The Balaban J connectivity index is 3.66. The van der Waals surface area contributed by atoms with Gasteiger partial charge in [0, 0.05) is 18.3 Å². The van der Waals surface area contributed by atoms with E-state index in [1.807, 2.05) is 0 Å². The third-order valence-corrected chi connectivity index (χ3v) is 2.13. The first-order chi connectivity index (χ1) is 5.06. The third-order valence-electron chi connectivity index (χ3n) is 1.35. The van der Waals surface area contributed by atoms with Gasteiger partial charge in [-0.3, -0.25) is 4.79 Å². The summed E-state index contributed by atoms with van der Waals surface area (Å²) in [7, 11) is 0. The van der Waals surface area contributed by atoms with Gasteiger partial charge < -0.3 is 5.32 Å². The zero-order valence-corrected chi connectivity index (χ0v) is 8.94. The van der Waals surface area contributed by atoms with Gasteiger partial charge in [0.1, 0.15) is 0 Å². The molecule has 0 aromatic heterocycles. The highest BCUT2D eigenvalue weighted by Crippen LogP contribution is 2.06. The summed E-state index contributed by atoms with van der Waals surface area (Å²) in [6.45, 7) is 5.85. The Morgan fingerprint density at radius 1 is 1.55 bits per heavy atom. The van der Waals surface area contributed by atoms with Crippen molar-refractivity contribution in [3.05, 3.63) is 0 Å². The van der Waals surface area contributed by atoms with Gasteiger partial charge in [-0.15, -0.1) is 0 Å². The van der Waals surface area contributed by atoms with E-state index < -0.39 is 0 Å². The number of amides is 1. The number of carbonyl (C=O) groups excluding carboxylic acids is 1. The van der Waals surface area contributed by atoms with Crippen LogP contribution in [-0.2, 0) is 4.79 Å². The molecule has 1 unspecified atom stereocenters. The highest BCUT2D eigenvalue weighted by Gasteiger charge is 2.09. The highest BCUT2D eigenvalue weighted by molar-refractivity contribution is 9.09. The molecule has 1 atom stereocenters. The first kappa shape index (κ1) is 11.0. The normalized spacial score (nSPS) is 13.2. The Morgan fingerprint density at radius 3 is 2.36 bits per heavy atom. The lowest BCUT2D eigenvalue weighted by Gasteiger charge is -2.16. The molecule has 0 saturated heterocycles. The van der Waals surface area contributed by atoms with Crippen molar-refractivity contribution < 1.29 is 4.79 Å². The third kappa shape index (κ3) is 6.35. The highest BCUT2D eigenvalue weighted by atomic mass is 79.9. The molecule has 0 spiro atoms. The fourth-order valence-electron chi connectivity index (χ4n) is 1.02. The van der Waals surface area contributed by atoms with E-state index in [1.54, 1.807) is 6.92 Å². The van der Waals surface area contributed by atoms with E-state index in [0.29, 0.717) is 5.92 Å². The molecule has 0 bridgehead atoms. The molecule has 11 heavy (non-hydrogen) atoms. The Morgan fingerprint density at radius 2 is 2.09 bits per heavy atom. The molecule has 0 rings (SSSR count). The monoisotopic (exact) mass is 221 g/mol. The molecule has 0 aliphatic heterocycles. The molecule has 0 aromatic carbocycles. The predicted molar refractivity (Wildman–Crippen MR) is 50.9 cm³/mol. The largest absolute Gasteiger partial charge is 0.353 e. The van der Waals surface area contributed by atoms with Crippen LogP contribution in [0.2, 0.25) is 0 Å². The van der Waals surface area contributed by atoms with Crippen LogP contribution >= 0.6 is 15.9 Å². The number of nitrogens with one attached hydrogen (secondary N) is 1. The average Bonchev–Trinajstić information content (AvgIpc) is 1.84. The summed E-state index contributed by atoms with van der Waals surface area (Å²) in [5.41, 5.74) is 0. The number of halogens is 1. The van der Waals surface area contributed by atoms with Crippen LogP contribution in [-0.4, -0.2) is 17.3 Å². The Bertz CT molecular complexity index is 125. The van der Waals surface area contributed by atoms with Crippen LogP contribution in [0.1, 0.15) is 27.2 Å². The van der Waals surface area contributed by atoms with Crippen LogP contribution in [0, 0.1) is 5.92 Å². The van der Waals surface area contributed by atoms with Gasteiger partial charge in [-0.25, -0.2) is 0 Å². The summed E-state index contributed by atoms with van der Waals surface area (Å²) < 4.78 is 0. The maximum Gasteiger partial charge on any atom is 0.217 e. The van der Waals surface area contributed by atoms with E-state index in [1.165, 1.54) is 0 Å². The van der Waals surface area contributed by atoms with E-state index in [0.717, 1.165) is 11.8 Å². The van der Waals surface area contributed by atoms with Crippen molar-refractivity contribution in [3.8, 4) is 0 Å². The minimum absolute atomic E-state index is 0.0510. The van der Waals surface area contributed by atoms with E-state index >= 15 is 0 Å². The fourth-order valence-corrected chi connectivity index (χ4v) is 1.44. The summed E-state index contributed by atoms with van der Waals surface area (Å²) in [6, 6.07) is 0.285. The number of alkyl halides is 1. The van der Waals surface area contributed by atoms with Crippen LogP contribution in [0.15, 0.2) is 0 Å². The molecule has 0 saturated carbocycles. The second kappa shape index (κ2) is 5.58. The van der Waals surface area contributed by atoms with Crippen molar-refractivity contribution in [1.29, 1.82) is 0 Å². The van der Waals surface area contributed by atoms with Crippen molar-refractivity contribution in [1.82, 2.24) is 5.32 Å². The first-order valence-electron chi connectivity index (χ1n) is 3.89. The van der Waals surface area contributed by atoms with Crippen molar-refractivity contribution in [2.24, 2.45) is 5.92 Å². The summed E-state index contributed by atoms with van der Waals surface area (Å²) in [5, 5.41) is 3.71. The molecular weight excluding hydrogens is 206 g/mol. The van der Waals surface area contributed by atoms with E-state index in [4.69, 9.17) is 0 Å². The quantitative estimate of drug-likeness (QED) is 0.723. The van der Waals surface area contributed by atoms with Crippen LogP contribution in [0.5, 0.6) is 0 Å². The van der Waals surface area contributed by atoms with Gasteiger partial charge in [-0.2, -0.15) is 0 Å². The molecular formula is C8H16BrNO. The minimum Gasteiger partial charge on any atom is -0.353 e. The van der Waals surface area contributed by atoms with Gasteiger partial charge in [0.2, 0.25) is 5.91 Å².